The average Bonchev–Trinajstić information content (AvgIpc) is 2.79. The van der Waals surface area contributed by atoms with Gasteiger partial charge in [0.1, 0.15) is 0 Å². The van der Waals surface area contributed by atoms with E-state index in [-0.39, 0.29) is 0 Å². The number of hydrogen-bond acceptors (Lipinski definition) is 0. The van der Waals surface area contributed by atoms with Gasteiger partial charge in [0.2, 0.25) is 0 Å². The Morgan fingerprint density at radius 2 is 0.484 bits per heavy atom. The van der Waals surface area contributed by atoms with E-state index in [1.165, 1.54) is 154 Å². The quantitative estimate of drug-likeness (QED) is 0.0854. The molecule has 0 nitrogen and oxygen atoms in total. The Morgan fingerprint density at radius 1 is 0.258 bits per heavy atom. The van der Waals surface area contributed by atoms with Crippen LogP contribution in [0.5, 0.6) is 0 Å². The van der Waals surface area contributed by atoms with Gasteiger partial charge in [-0.3, -0.25) is 0 Å². The van der Waals surface area contributed by atoms with E-state index in [9.17, 15) is 0 Å². The highest BCUT2D eigenvalue weighted by atomic mass is 31.1. The minimum Gasteiger partial charge on any atom is -0.107 e. The van der Waals surface area contributed by atoms with Crippen LogP contribution in [0.3, 0.4) is 0 Å². The molecule has 0 fully saturated rings. The number of hydrogen-bond donors (Lipinski definition) is 0. The molecule has 0 N–H and O–H groups in total. The largest absolute Gasteiger partial charge is 0.107 e. The molecule has 0 unspecified atom stereocenters. The third-order valence-electron chi connectivity index (χ3n) is 6.98. The molecular formula is C30H63P. The van der Waals surface area contributed by atoms with Crippen molar-refractivity contribution in [1.29, 1.82) is 0 Å². The third kappa shape index (κ3) is 26.6. The molecule has 0 radical (unpaired) electrons. The highest BCUT2D eigenvalue weighted by Gasteiger charge is 2.06. The number of unbranched alkanes of at least 4 members (excludes halogenated alkanes) is 21. The van der Waals surface area contributed by atoms with Gasteiger partial charge >= 0.3 is 0 Å². The normalized spacial score (nSPS) is 11.6. The van der Waals surface area contributed by atoms with Crippen LogP contribution < -0.4 is 0 Å². The van der Waals surface area contributed by atoms with Gasteiger partial charge in [-0.2, -0.15) is 0 Å². The fourth-order valence-corrected chi connectivity index (χ4v) is 7.56. The van der Waals surface area contributed by atoms with Crippen molar-refractivity contribution < 1.29 is 0 Å². The van der Waals surface area contributed by atoms with Gasteiger partial charge in [-0.05, 0) is 37.7 Å². The summed E-state index contributed by atoms with van der Waals surface area (Å²) in [5.41, 5.74) is 0. The van der Waals surface area contributed by atoms with Crippen LogP contribution in [-0.4, -0.2) is 18.5 Å². The highest BCUT2D eigenvalue weighted by Crippen LogP contribution is 2.39. The highest BCUT2D eigenvalue weighted by molar-refractivity contribution is 7.57. The molecule has 31 heavy (non-hydrogen) atoms. The van der Waals surface area contributed by atoms with Crippen LogP contribution in [-0.2, 0) is 0 Å². The van der Waals surface area contributed by atoms with Crippen LogP contribution in [0.25, 0.3) is 0 Å². The molecule has 0 aliphatic carbocycles. The summed E-state index contributed by atoms with van der Waals surface area (Å²) in [4.78, 5) is 0. The van der Waals surface area contributed by atoms with E-state index < -0.39 is 0 Å². The molecular weight excluding hydrogens is 391 g/mol. The van der Waals surface area contributed by atoms with E-state index in [1.54, 1.807) is 18.5 Å². The maximum absolute atomic E-state index is 2.35. The van der Waals surface area contributed by atoms with Crippen LogP contribution in [0.15, 0.2) is 0 Å². The van der Waals surface area contributed by atoms with E-state index in [0.29, 0.717) is 7.92 Å². The summed E-state index contributed by atoms with van der Waals surface area (Å²) >= 11 is 0. The minimum atomic E-state index is 0.382. The minimum absolute atomic E-state index is 0.382. The second-order valence-corrected chi connectivity index (χ2v) is 12.9. The van der Waals surface area contributed by atoms with Crippen molar-refractivity contribution in [3.63, 3.8) is 0 Å². The zero-order valence-corrected chi connectivity index (χ0v) is 23.4. The molecule has 0 saturated carbocycles. The van der Waals surface area contributed by atoms with Gasteiger partial charge in [-0.15, -0.1) is 7.92 Å². The number of rotatable bonds is 27. The predicted octanol–water partition coefficient (Wildman–Crippen LogP) is 11.9. The van der Waals surface area contributed by atoms with Gasteiger partial charge < -0.3 is 0 Å². The van der Waals surface area contributed by atoms with Crippen LogP contribution in [0.2, 0.25) is 0 Å². The van der Waals surface area contributed by atoms with Gasteiger partial charge in [0, 0.05) is 0 Å². The van der Waals surface area contributed by atoms with Crippen molar-refractivity contribution in [2.24, 2.45) is 0 Å². The first-order valence-corrected chi connectivity index (χ1v) is 17.0. The Kier molecular flexibility index (Phi) is 28.9. The molecule has 0 aromatic carbocycles. The Labute approximate surface area is 201 Å². The third-order valence-corrected chi connectivity index (χ3v) is 9.83. The summed E-state index contributed by atoms with van der Waals surface area (Å²) in [7, 11) is 0.382. The Balaban J connectivity index is 3.20. The summed E-state index contributed by atoms with van der Waals surface area (Å²) in [5.74, 6) is 0. The van der Waals surface area contributed by atoms with Gasteiger partial charge in [-0.1, -0.05) is 156 Å². The summed E-state index contributed by atoms with van der Waals surface area (Å²) in [6, 6.07) is 0. The van der Waals surface area contributed by atoms with E-state index in [0.717, 1.165) is 0 Å². The molecule has 0 rings (SSSR count). The van der Waals surface area contributed by atoms with Crippen molar-refractivity contribution in [3.05, 3.63) is 0 Å². The molecule has 0 aromatic heterocycles. The SMILES string of the molecule is CCCCCCCCCCCCCCCCCCCCCCP(CCCC)CCCC. The average molecular weight is 455 g/mol. The van der Waals surface area contributed by atoms with E-state index in [1.807, 2.05) is 0 Å². The molecule has 0 saturated heterocycles. The molecule has 1 heteroatoms. The second-order valence-electron chi connectivity index (χ2n) is 10.3. The monoisotopic (exact) mass is 454 g/mol. The van der Waals surface area contributed by atoms with E-state index in [4.69, 9.17) is 0 Å². The van der Waals surface area contributed by atoms with E-state index >= 15 is 0 Å². The van der Waals surface area contributed by atoms with Crippen molar-refractivity contribution in [2.75, 3.05) is 18.5 Å². The van der Waals surface area contributed by atoms with Crippen LogP contribution in [0, 0.1) is 0 Å². The lowest BCUT2D eigenvalue weighted by molar-refractivity contribution is 0.523. The maximum atomic E-state index is 2.35. The van der Waals surface area contributed by atoms with Crippen molar-refractivity contribution in [2.45, 2.75) is 175 Å². The second kappa shape index (κ2) is 28.5. The molecule has 0 atom stereocenters. The van der Waals surface area contributed by atoms with Crippen LogP contribution in [0.1, 0.15) is 175 Å². The lowest BCUT2D eigenvalue weighted by Gasteiger charge is -2.17. The molecule has 188 valence electrons. The van der Waals surface area contributed by atoms with Gasteiger partial charge in [0.05, 0.1) is 0 Å². The molecule has 0 aliphatic heterocycles. The van der Waals surface area contributed by atoms with Gasteiger partial charge in [0.15, 0.2) is 0 Å². The summed E-state index contributed by atoms with van der Waals surface area (Å²) < 4.78 is 0. The predicted molar refractivity (Wildman–Crippen MR) is 149 cm³/mol. The molecule has 0 aromatic rings. The first kappa shape index (κ1) is 31.4. The van der Waals surface area contributed by atoms with Crippen LogP contribution >= 0.6 is 7.92 Å². The van der Waals surface area contributed by atoms with Gasteiger partial charge in [0.25, 0.3) is 0 Å². The van der Waals surface area contributed by atoms with Crippen molar-refractivity contribution >= 4 is 7.92 Å². The summed E-state index contributed by atoms with van der Waals surface area (Å²) in [6.07, 6.45) is 40.2. The van der Waals surface area contributed by atoms with Gasteiger partial charge in [-0.25, -0.2) is 0 Å². The summed E-state index contributed by atoms with van der Waals surface area (Å²) in [6.45, 7) is 7.01. The zero-order valence-electron chi connectivity index (χ0n) is 22.5. The molecule has 0 bridgehead atoms. The maximum Gasteiger partial charge on any atom is -0.0326 e. The smallest absolute Gasteiger partial charge is 0.0326 e. The first-order chi connectivity index (χ1) is 15.3. The summed E-state index contributed by atoms with van der Waals surface area (Å²) in [5, 5.41) is 0. The Hall–Kier alpha value is 0.430. The Bertz CT molecular complexity index is 293. The first-order valence-electron chi connectivity index (χ1n) is 15.1. The molecule has 0 aliphatic rings. The zero-order chi connectivity index (χ0) is 22.7. The molecule has 0 spiro atoms. The fraction of sp³-hybridized carbons (Fsp3) is 1.00. The van der Waals surface area contributed by atoms with E-state index in [2.05, 4.69) is 20.8 Å². The standard InChI is InChI=1S/C30H63P/c1-4-7-10-11-12-13-14-15-16-17-18-19-20-21-22-23-24-25-26-27-30-31(28-8-5-2)29-9-6-3/h4-30H2,1-3H3. The molecule has 0 amide bonds. The van der Waals surface area contributed by atoms with Crippen molar-refractivity contribution in [1.82, 2.24) is 0 Å². The topological polar surface area (TPSA) is 0 Å². The lowest BCUT2D eigenvalue weighted by Crippen LogP contribution is -1.96. The lowest BCUT2D eigenvalue weighted by atomic mass is 10.0. The Morgan fingerprint density at radius 3 is 0.774 bits per heavy atom. The van der Waals surface area contributed by atoms with Crippen LogP contribution in [0.4, 0.5) is 0 Å². The molecule has 0 heterocycles. The fourth-order valence-electron chi connectivity index (χ4n) is 4.69. The van der Waals surface area contributed by atoms with Crippen molar-refractivity contribution in [3.8, 4) is 0 Å².